The molecule has 1 unspecified atom stereocenters. The molecule has 2 aromatic rings. The summed E-state index contributed by atoms with van der Waals surface area (Å²) in [4.78, 5) is 26.5. The Bertz CT molecular complexity index is 672. The quantitative estimate of drug-likeness (QED) is 0.886. The number of carboxylic acid groups (broad SMARTS) is 1. The maximum atomic E-state index is 13.6. The van der Waals surface area contributed by atoms with Gasteiger partial charge in [-0.25, -0.2) is 9.37 Å². The van der Waals surface area contributed by atoms with Crippen LogP contribution in [0.5, 0.6) is 0 Å². The van der Waals surface area contributed by atoms with Crippen molar-refractivity contribution >= 4 is 23.2 Å². The van der Waals surface area contributed by atoms with Gasteiger partial charge < -0.3 is 10.4 Å². The van der Waals surface area contributed by atoms with E-state index in [1.807, 2.05) is 0 Å². The van der Waals surface area contributed by atoms with Crippen molar-refractivity contribution in [2.75, 3.05) is 0 Å². The maximum absolute atomic E-state index is 13.6. The van der Waals surface area contributed by atoms with Crippen molar-refractivity contribution in [1.82, 2.24) is 10.3 Å². The first kappa shape index (κ1) is 15.1. The Hall–Kier alpha value is -2.28. The average Bonchev–Trinajstić information content (AvgIpc) is 2.87. The third kappa shape index (κ3) is 3.85. The van der Waals surface area contributed by atoms with Gasteiger partial charge in [0.2, 0.25) is 5.91 Å². The summed E-state index contributed by atoms with van der Waals surface area (Å²) in [6, 6.07) is 5.30. The fraction of sp³-hybridized carbons (Fsp3) is 0.214. The predicted octanol–water partition coefficient (Wildman–Crippen LogP) is 2.08. The van der Waals surface area contributed by atoms with Crippen LogP contribution in [0.1, 0.15) is 12.6 Å². The molecule has 0 radical (unpaired) electrons. The van der Waals surface area contributed by atoms with Gasteiger partial charge in [-0.2, -0.15) is 0 Å². The minimum Gasteiger partial charge on any atom is -0.480 e. The Kier molecular flexibility index (Phi) is 4.64. The molecule has 1 amide bonds. The Labute approximate surface area is 124 Å². The second kappa shape index (κ2) is 6.45. The third-order valence-electron chi connectivity index (χ3n) is 2.75. The summed E-state index contributed by atoms with van der Waals surface area (Å²) >= 11 is 1.24. The largest absolute Gasteiger partial charge is 0.480 e. The zero-order chi connectivity index (χ0) is 15.4. The Morgan fingerprint density at radius 2 is 2.14 bits per heavy atom. The molecule has 1 aromatic carbocycles. The van der Waals surface area contributed by atoms with Crippen LogP contribution < -0.4 is 5.32 Å². The number of aliphatic carboxylic acids is 1. The molecule has 0 aliphatic rings. The van der Waals surface area contributed by atoms with Gasteiger partial charge in [0.15, 0.2) is 0 Å². The van der Waals surface area contributed by atoms with Gasteiger partial charge >= 0.3 is 5.97 Å². The highest BCUT2D eigenvalue weighted by molar-refractivity contribution is 7.13. The van der Waals surface area contributed by atoms with Gasteiger partial charge in [0.05, 0.1) is 12.1 Å². The van der Waals surface area contributed by atoms with Gasteiger partial charge in [0.25, 0.3) is 0 Å². The molecule has 0 saturated heterocycles. The Morgan fingerprint density at radius 3 is 2.81 bits per heavy atom. The minimum absolute atomic E-state index is 0.0391. The van der Waals surface area contributed by atoms with Crippen molar-refractivity contribution < 1.29 is 19.1 Å². The zero-order valence-corrected chi connectivity index (χ0v) is 12.0. The van der Waals surface area contributed by atoms with Crippen LogP contribution >= 0.6 is 11.3 Å². The first-order chi connectivity index (χ1) is 9.97. The molecule has 2 rings (SSSR count). The number of hydrogen-bond donors (Lipinski definition) is 2. The topological polar surface area (TPSA) is 79.3 Å². The van der Waals surface area contributed by atoms with Crippen LogP contribution in [-0.4, -0.2) is 28.0 Å². The van der Waals surface area contributed by atoms with Crippen LogP contribution in [0.25, 0.3) is 10.6 Å². The highest BCUT2D eigenvalue weighted by Gasteiger charge is 2.16. The van der Waals surface area contributed by atoms with E-state index in [0.717, 1.165) is 0 Å². The van der Waals surface area contributed by atoms with Gasteiger partial charge in [-0.15, -0.1) is 11.3 Å². The monoisotopic (exact) mass is 308 g/mol. The minimum atomic E-state index is -1.10. The van der Waals surface area contributed by atoms with Crippen molar-refractivity contribution in [3.63, 3.8) is 0 Å². The molecule has 7 heteroatoms. The smallest absolute Gasteiger partial charge is 0.325 e. The molecule has 0 bridgehead atoms. The van der Waals surface area contributed by atoms with E-state index < -0.39 is 17.9 Å². The molecule has 1 heterocycles. The summed E-state index contributed by atoms with van der Waals surface area (Å²) in [5.41, 5.74) is 0.862. The predicted molar refractivity (Wildman–Crippen MR) is 76.5 cm³/mol. The molecule has 5 nitrogen and oxygen atoms in total. The van der Waals surface area contributed by atoms with Gasteiger partial charge in [-0.3, -0.25) is 9.59 Å². The number of hydrogen-bond acceptors (Lipinski definition) is 4. The number of aromatic nitrogens is 1. The van der Waals surface area contributed by atoms with Crippen LogP contribution in [0.15, 0.2) is 29.6 Å². The van der Waals surface area contributed by atoms with E-state index >= 15 is 0 Å². The second-order valence-corrected chi connectivity index (χ2v) is 5.29. The van der Waals surface area contributed by atoms with E-state index in [2.05, 4.69) is 10.3 Å². The number of carbonyl (C=O) groups excluding carboxylic acids is 1. The number of carboxylic acids is 1. The van der Waals surface area contributed by atoms with Crippen molar-refractivity contribution in [3.8, 4) is 10.6 Å². The molecule has 110 valence electrons. The molecule has 0 saturated carbocycles. The number of carbonyl (C=O) groups is 2. The summed E-state index contributed by atoms with van der Waals surface area (Å²) in [5.74, 6) is -1.91. The van der Waals surface area contributed by atoms with Gasteiger partial charge in [-0.1, -0.05) is 12.1 Å². The van der Waals surface area contributed by atoms with E-state index in [9.17, 15) is 14.0 Å². The van der Waals surface area contributed by atoms with Crippen molar-refractivity contribution in [3.05, 3.63) is 41.2 Å². The summed E-state index contributed by atoms with van der Waals surface area (Å²) in [5, 5.41) is 13.2. The van der Waals surface area contributed by atoms with Gasteiger partial charge in [0, 0.05) is 10.9 Å². The molecule has 1 atom stereocenters. The molecule has 1 aromatic heterocycles. The summed E-state index contributed by atoms with van der Waals surface area (Å²) in [7, 11) is 0. The number of amides is 1. The Balaban J connectivity index is 2.06. The summed E-state index contributed by atoms with van der Waals surface area (Å²) < 4.78 is 13.6. The number of halogens is 1. The van der Waals surface area contributed by atoms with Crippen LogP contribution in [0.3, 0.4) is 0 Å². The van der Waals surface area contributed by atoms with Crippen LogP contribution in [-0.2, 0) is 16.0 Å². The summed E-state index contributed by atoms with van der Waals surface area (Å²) in [6.07, 6.45) is -0.0391. The third-order valence-corrected chi connectivity index (χ3v) is 3.67. The fourth-order valence-corrected chi connectivity index (χ4v) is 2.51. The lowest BCUT2D eigenvalue weighted by Crippen LogP contribution is -2.39. The number of nitrogens with one attached hydrogen (secondary N) is 1. The zero-order valence-electron chi connectivity index (χ0n) is 11.2. The molecular formula is C14H13FN2O3S. The first-order valence-corrected chi connectivity index (χ1v) is 7.07. The van der Waals surface area contributed by atoms with E-state index in [1.165, 1.54) is 24.3 Å². The van der Waals surface area contributed by atoms with Crippen molar-refractivity contribution in [2.45, 2.75) is 19.4 Å². The molecule has 0 aliphatic heterocycles. The van der Waals surface area contributed by atoms with E-state index in [1.54, 1.807) is 23.6 Å². The normalized spacial score (nSPS) is 11.9. The lowest BCUT2D eigenvalue weighted by atomic mass is 10.2. The molecule has 0 aliphatic carbocycles. The lowest BCUT2D eigenvalue weighted by molar-refractivity contribution is -0.141. The second-order valence-electron chi connectivity index (χ2n) is 4.43. The van der Waals surface area contributed by atoms with E-state index in [4.69, 9.17) is 5.11 Å². The SMILES string of the molecule is CC(NC(=O)Cc1csc(-c2ccccc2F)n1)C(=O)O. The van der Waals surface area contributed by atoms with Gasteiger partial charge in [0.1, 0.15) is 16.9 Å². The lowest BCUT2D eigenvalue weighted by Gasteiger charge is -2.07. The maximum Gasteiger partial charge on any atom is 0.325 e. The molecular weight excluding hydrogens is 295 g/mol. The van der Waals surface area contributed by atoms with E-state index in [0.29, 0.717) is 16.3 Å². The first-order valence-electron chi connectivity index (χ1n) is 6.19. The van der Waals surface area contributed by atoms with Crippen molar-refractivity contribution in [1.29, 1.82) is 0 Å². The average molecular weight is 308 g/mol. The number of thiazole rings is 1. The van der Waals surface area contributed by atoms with Crippen molar-refractivity contribution in [2.24, 2.45) is 0 Å². The number of rotatable bonds is 5. The summed E-state index contributed by atoms with van der Waals surface area (Å²) in [6.45, 7) is 1.38. The molecule has 0 spiro atoms. The highest BCUT2D eigenvalue weighted by atomic mass is 32.1. The fourth-order valence-electron chi connectivity index (χ4n) is 1.67. The standard InChI is InChI=1S/C14H13FN2O3S/c1-8(14(19)20)16-12(18)6-9-7-21-13(17-9)10-4-2-3-5-11(10)15/h2-5,7-8H,6H2,1H3,(H,16,18)(H,19,20). The molecule has 2 N–H and O–H groups in total. The highest BCUT2D eigenvalue weighted by Crippen LogP contribution is 2.26. The molecule has 0 fully saturated rings. The number of benzene rings is 1. The van der Waals surface area contributed by atoms with E-state index in [-0.39, 0.29) is 12.2 Å². The molecule has 21 heavy (non-hydrogen) atoms. The van der Waals surface area contributed by atoms with Crippen LogP contribution in [0, 0.1) is 5.82 Å². The van der Waals surface area contributed by atoms with Gasteiger partial charge in [-0.05, 0) is 19.1 Å². The Morgan fingerprint density at radius 1 is 1.43 bits per heavy atom. The van der Waals surface area contributed by atoms with Crippen LogP contribution in [0.2, 0.25) is 0 Å². The number of nitrogens with zero attached hydrogens (tertiary/aromatic N) is 1. The van der Waals surface area contributed by atoms with Crippen LogP contribution in [0.4, 0.5) is 4.39 Å².